The summed E-state index contributed by atoms with van der Waals surface area (Å²) in [4.78, 5) is 49.4. The number of nitrogens with one attached hydrogen (secondary N) is 4. The number of carbonyl (C=O) groups is 4. The monoisotopic (exact) mass is 1540 g/mol. The maximum absolute atomic E-state index is 13.0. The molecule has 105 heavy (non-hydrogen) atoms. The van der Waals surface area contributed by atoms with Crippen LogP contribution in [0.15, 0.2) is 0 Å². The zero-order valence-electron chi connectivity index (χ0n) is 56.3. The molecule has 41 atom stereocenters. The third kappa shape index (κ3) is 19.8. The molecule has 47 nitrogen and oxygen atoms in total. The SMILES string of the molecule is CC(=O)N[C@H]1[C@H](OC[C@H]2O[C@@H](O[C@H]3[C@H](O)[C@@H](NC(C)=O)[C@H](O[C@H]4[C@@H](O)[C@@H](CO)O[C@@H](O[C@H]5[C@H](O)[C@@H](O)[C@H](OC[C@@H](CO)NC=O)O[C@@H]5CO)[C@@H]4O)O[C@@H]3CO)[C@H](O)[C@@H](O[C@@H]3O[C@H](CO)[C@@H](O)[C@H](O)[C@H]3NC(C)=O)[C@H]2O)O[C@H](CO)[C@@H](O[C@@H]2O[C@H](CO)[C@H](O)[C@H](O[C@H]3O[C@H](CO)[C@H](O)[C@H](O)[C@H]3O)[C@H]2O)[C@@H]1O. The number of ether oxygens (including phenoxy) is 16. The van der Waals surface area contributed by atoms with Gasteiger partial charge in [0.25, 0.3) is 0 Å². The van der Waals surface area contributed by atoms with Crippen molar-refractivity contribution in [2.75, 3.05) is 66.1 Å². The molecule has 8 fully saturated rings. The van der Waals surface area contributed by atoms with Crippen molar-refractivity contribution in [2.45, 2.75) is 272 Å². The molecule has 0 saturated carbocycles. The second-order valence-corrected chi connectivity index (χ2v) is 26.1. The minimum Gasteiger partial charge on any atom is -0.394 e. The first-order chi connectivity index (χ1) is 49.8. The quantitative estimate of drug-likeness (QED) is 0.0287. The molecular formula is C58H98N4O43. The summed E-state index contributed by atoms with van der Waals surface area (Å²) >= 11 is 0. The van der Waals surface area contributed by atoms with Crippen LogP contribution in [-0.4, -0.2) is 459 Å². The molecule has 8 heterocycles. The number of amides is 4. The van der Waals surface area contributed by atoms with Gasteiger partial charge in [0.05, 0.1) is 72.1 Å². The Kier molecular flexibility index (Phi) is 32.3. The lowest BCUT2D eigenvalue weighted by Gasteiger charge is -2.51. The largest absolute Gasteiger partial charge is 0.394 e. The van der Waals surface area contributed by atoms with Gasteiger partial charge in [0, 0.05) is 20.8 Å². The summed E-state index contributed by atoms with van der Waals surface area (Å²) in [6, 6.07) is -6.59. The normalized spacial score (nSPS) is 47.3. The number of aliphatic hydroxyl groups excluding tert-OH is 23. The molecule has 8 rings (SSSR count). The van der Waals surface area contributed by atoms with Crippen molar-refractivity contribution in [3.8, 4) is 0 Å². The van der Waals surface area contributed by atoms with Crippen LogP contribution in [0.2, 0.25) is 0 Å². The summed E-state index contributed by atoms with van der Waals surface area (Å²) in [7, 11) is 0. The molecule has 0 spiro atoms. The second-order valence-electron chi connectivity index (χ2n) is 26.1. The minimum absolute atomic E-state index is 0.255. The molecule has 0 unspecified atom stereocenters. The Hall–Kier alpha value is -3.68. The summed E-state index contributed by atoms with van der Waals surface area (Å²) in [5, 5.41) is 262. The Morgan fingerprint density at radius 1 is 0.314 bits per heavy atom. The molecule has 0 radical (unpaired) electrons. The maximum Gasteiger partial charge on any atom is 0.217 e. The third-order valence-electron chi connectivity index (χ3n) is 18.8. The molecule has 0 bridgehead atoms. The van der Waals surface area contributed by atoms with E-state index < -0.39 is 335 Å². The van der Waals surface area contributed by atoms with Crippen LogP contribution < -0.4 is 21.3 Å². The second kappa shape index (κ2) is 39.0. The highest BCUT2D eigenvalue weighted by atomic mass is 16.8. The van der Waals surface area contributed by atoms with Crippen LogP contribution in [0.3, 0.4) is 0 Å². The van der Waals surface area contributed by atoms with Gasteiger partial charge in [-0.3, -0.25) is 19.2 Å². The molecule has 27 N–H and O–H groups in total. The first-order valence-electron chi connectivity index (χ1n) is 33.3. The first-order valence-corrected chi connectivity index (χ1v) is 33.3. The molecule has 608 valence electrons. The van der Waals surface area contributed by atoms with Crippen LogP contribution in [0.25, 0.3) is 0 Å². The van der Waals surface area contributed by atoms with Crippen LogP contribution in [0, 0.1) is 0 Å². The van der Waals surface area contributed by atoms with Gasteiger partial charge in [-0.25, -0.2) is 0 Å². The van der Waals surface area contributed by atoms with Gasteiger partial charge in [0.15, 0.2) is 50.3 Å². The number of aliphatic hydroxyl groups is 23. The molecule has 0 aliphatic carbocycles. The van der Waals surface area contributed by atoms with Gasteiger partial charge in [0.1, 0.15) is 195 Å². The Labute approximate surface area is 594 Å². The Bertz CT molecular complexity index is 2700. The zero-order chi connectivity index (χ0) is 77.3. The Balaban J connectivity index is 1.04. The first kappa shape index (κ1) is 86.9. The lowest BCUT2D eigenvalue weighted by atomic mass is 9.94. The lowest BCUT2D eigenvalue weighted by Crippen LogP contribution is -2.70. The van der Waals surface area contributed by atoms with E-state index in [0.717, 1.165) is 20.8 Å². The molecule has 4 amide bonds. The minimum atomic E-state index is -2.40. The number of hydrogen-bond donors (Lipinski definition) is 27. The van der Waals surface area contributed by atoms with Crippen molar-refractivity contribution in [3.05, 3.63) is 0 Å². The van der Waals surface area contributed by atoms with E-state index in [1.165, 1.54) is 0 Å². The van der Waals surface area contributed by atoms with Crippen LogP contribution >= 0.6 is 0 Å². The molecule has 0 aromatic rings. The zero-order valence-corrected chi connectivity index (χ0v) is 56.3. The van der Waals surface area contributed by atoms with E-state index in [-0.39, 0.29) is 6.41 Å². The summed E-state index contributed by atoms with van der Waals surface area (Å²) < 4.78 is 93.2. The number of rotatable bonds is 31. The standard InChI is InChI=1S/C58H98N4O43/c1-15(72)60-27-35(80)30(75)19(5-64)92-52(27)104-50-34(79)26(13-91-51-28(61-16(2)73)36(81)45(23(9-68)96-51)100-56-43(88)49(33(78)22(8-67)94-56)105-55-40(85)38(83)31(76)20(6-65)93-55)99-58(44(50)89)101-46-24(10-69)97-53(29(37(46)82)62-17(3)74)103-48-32(77)21(7-66)95-57(42(48)87)102-47-25(11-70)98-54(41(86)39(47)84)90-12-18(4-63)59-14-71/h14,18-58,63-70,75-89H,4-13H2,1-3H3,(H,59,71)(H,60,72)(H,61,73)(H,62,74)/t18-,19-,20-,21-,22-,23-,24-,25-,26-,27-,28-,29-,30-,31+,32+,33+,34+,35-,36-,37-,38+,39-,40-,41-,42-,43-,44-,45-,46-,47-,48+,49+,50+,51-,52+,53+,54-,55-,56+,57+,58+/m1/s1. The van der Waals surface area contributed by atoms with Crippen LogP contribution in [0.4, 0.5) is 0 Å². The number of carbonyl (C=O) groups excluding carboxylic acids is 4. The van der Waals surface area contributed by atoms with Gasteiger partial charge in [-0.05, 0) is 0 Å². The van der Waals surface area contributed by atoms with E-state index in [2.05, 4.69) is 21.3 Å². The van der Waals surface area contributed by atoms with Gasteiger partial charge < -0.3 is 215 Å². The van der Waals surface area contributed by atoms with Gasteiger partial charge >= 0.3 is 0 Å². The highest BCUT2D eigenvalue weighted by molar-refractivity contribution is 5.74. The fourth-order valence-corrected chi connectivity index (χ4v) is 13.2. The topological polar surface area (TPSA) is 729 Å². The van der Waals surface area contributed by atoms with Gasteiger partial charge in [0.2, 0.25) is 24.1 Å². The van der Waals surface area contributed by atoms with Crippen molar-refractivity contribution in [1.29, 1.82) is 0 Å². The fraction of sp³-hybridized carbons (Fsp3) is 0.931. The highest BCUT2D eigenvalue weighted by Crippen LogP contribution is 2.39. The molecule has 8 aliphatic heterocycles. The molecule has 8 aliphatic rings. The smallest absolute Gasteiger partial charge is 0.217 e. The fourth-order valence-electron chi connectivity index (χ4n) is 13.2. The van der Waals surface area contributed by atoms with Gasteiger partial charge in [-0.15, -0.1) is 0 Å². The summed E-state index contributed by atoms with van der Waals surface area (Å²) in [5.41, 5.74) is 0. The summed E-state index contributed by atoms with van der Waals surface area (Å²) in [6.45, 7) is -6.59. The molecule has 47 heteroatoms. The van der Waals surface area contributed by atoms with E-state index in [1.54, 1.807) is 0 Å². The lowest BCUT2D eigenvalue weighted by molar-refractivity contribution is -0.388. The summed E-state index contributed by atoms with van der Waals surface area (Å²) in [6.07, 6.45) is -73.9. The van der Waals surface area contributed by atoms with Crippen molar-refractivity contribution in [2.24, 2.45) is 0 Å². The Morgan fingerprint density at radius 2 is 0.610 bits per heavy atom. The molecule has 0 aromatic carbocycles. The highest BCUT2D eigenvalue weighted by Gasteiger charge is 2.60. The van der Waals surface area contributed by atoms with E-state index in [1.807, 2.05) is 0 Å². The Morgan fingerprint density at radius 3 is 1.01 bits per heavy atom. The average Bonchev–Trinajstić information content (AvgIpc) is 0.771. The molecule has 8 saturated heterocycles. The van der Waals surface area contributed by atoms with Crippen LogP contribution in [0.5, 0.6) is 0 Å². The van der Waals surface area contributed by atoms with Gasteiger partial charge in [-0.1, -0.05) is 0 Å². The van der Waals surface area contributed by atoms with Crippen molar-refractivity contribution < 1.29 is 212 Å². The van der Waals surface area contributed by atoms with Crippen LogP contribution in [-0.2, 0) is 95.0 Å². The van der Waals surface area contributed by atoms with E-state index >= 15 is 0 Å². The molecule has 0 aromatic heterocycles. The maximum atomic E-state index is 13.0. The predicted octanol–water partition coefficient (Wildman–Crippen LogP) is -18.9. The van der Waals surface area contributed by atoms with E-state index in [9.17, 15) is 137 Å². The van der Waals surface area contributed by atoms with Crippen molar-refractivity contribution in [3.63, 3.8) is 0 Å². The summed E-state index contributed by atoms with van der Waals surface area (Å²) in [5.74, 6) is -2.73. The van der Waals surface area contributed by atoms with Gasteiger partial charge in [-0.2, -0.15) is 0 Å². The van der Waals surface area contributed by atoms with Crippen molar-refractivity contribution in [1.82, 2.24) is 21.3 Å². The number of hydrogen-bond acceptors (Lipinski definition) is 43. The van der Waals surface area contributed by atoms with Crippen molar-refractivity contribution >= 4 is 24.1 Å². The average molecular weight is 1540 g/mol. The van der Waals surface area contributed by atoms with Crippen LogP contribution in [0.1, 0.15) is 20.8 Å². The third-order valence-corrected chi connectivity index (χ3v) is 18.8. The van der Waals surface area contributed by atoms with E-state index in [4.69, 9.17) is 75.8 Å². The predicted molar refractivity (Wildman–Crippen MR) is 323 cm³/mol. The van der Waals surface area contributed by atoms with E-state index in [0.29, 0.717) is 0 Å². The molecular weight excluding hydrogens is 1440 g/mol.